The van der Waals surface area contributed by atoms with E-state index >= 15 is 0 Å². The van der Waals surface area contributed by atoms with E-state index < -0.39 is 12.0 Å². The summed E-state index contributed by atoms with van der Waals surface area (Å²) in [4.78, 5) is 36.0. The second kappa shape index (κ2) is 7.65. The Hall–Kier alpha value is -2.84. The van der Waals surface area contributed by atoms with Crippen LogP contribution in [0.2, 0.25) is 0 Å². The van der Waals surface area contributed by atoms with Crippen LogP contribution >= 0.6 is 22.7 Å². The minimum Gasteiger partial charge on any atom is -0.463 e. The van der Waals surface area contributed by atoms with Crippen molar-refractivity contribution in [3.05, 3.63) is 83.4 Å². The topological polar surface area (TPSA) is 73.6 Å². The van der Waals surface area contributed by atoms with E-state index in [1.165, 1.54) is 22.7 Å². The lowest BCUT2D eigenvalue weighted by molar-refractivity contribution is -0.139. The Labute approximate surface area is 168 Å². The van der Waals surface area contributed by atoms with Gasteiger partial charge in [0.1, 0.15) is 6.04 Å². The zero-order chi connectivity index (χ0) is 19.7. The van der Waals surface area contributed by atoms with Gasteiger partial charge in [0.2, 0.25) is 0 Å². The number of esters is 1. The van der Waals surface area contributed by atoms with Gasteiger partial charge in [0, 0.05) is 17.3 Å². The first kappa shape index (κ1) is 18.5. The van der Waals surface area contributed by atoms with Crippen LogP contribution in [0, 0.1) is 0 Å². The predicted octanol–water partition coefficient (Wildman–Crippen LogP) is 2.25. The van der Waals surface area contributed by atoms with E-state index in [0.717, 1.165) is 10.4 Å². The van der Waals surface area contributed by atoms with E-state index in [1.807, 2.05) is 29.6 Å². The number of pyridine rings is 1. The summed E-state index contributed by atoms with van der Waals surface area (Å²) in [5, 5.41) is 1.93. The Morgan fingerprint density at radius 3 is 2.89 bits per heavy atom. The number of aromatic nitrogens is 2. The minimum atomic E-state index is -0.536. The summed E-state index contributed by atoms with van der Waals surface area (Å²) in [6.07, 6.45) is 5.18. The highest BCUT2D eigenvalue weighted by Crippen LogP contribution is 2.33. The monoisotopic (exact) mass is 411 g/mol. The third-order valence-corrected chi connectivity index (χ3v) is 6.22. The van der Waals surface area contributed by atoms with Crippen molar-refractivity contribution >= 4 is 34.7 Å². The van der Waals surface area contributed by atoms with Gasteiger partial charge in [0.15, 0.2) is 4.80 Å². The number of thiophene rings is 1. The van der Waals surface area contributed by atoms with Crippen molar-refractivity contribution in [3.8, 4) is 0 Å². The highest BCUT2D eigenvalue weighted by atomic mass is 32.1. The van der Waals surface area contributed by atoms with Crippen molar-refractivity contribution in [3.63, 3.8) is 0 Å². The molecule has 3 aromatic rings. The normalized spacial score (nSPS) is 16.6. The molecule has 4 rings (SSSR count). The van der Waals surface area contributed by atoms with Crippen LogP contribution in [-0.2, 0) is 9.53 Å². The lowest BCUT2D eigenvalue weighted by Crippen LogP contribution is -2.39. The van der Waals surface area contributed by atoms with Gasteiger partial charge >= 0.3 is 5.97 Å². The van der Waals surface area contributed by atoms with Crippen molar-refractivity contribution in [1.29, 1.82) is 0 Å². The first-order valence-corrected chi connectivity index (χ1v) is 10.4. The molecular formula is C20H17N3O3S2. The zero-order valence-electron chi connectivity index (χ0n) is 15.3. The Morgan fingerprint density at radius 1 is 1.36 bits per heavy atom. The molecule has 28 heavy (non-hydrogen) atoms. The fourth-order valence-electron chi connectivity index (χ4n) is 3.12. The maximum Gasteiger partial charge on any atom is 0.338 e. The van der Waals surface area contributed by atoms with E-state index in [2.05, 4.69) is 9.98 Å². The summed E-state index contributed by atoms with van der Waals surface area (Å²) in [5.74, 6) is -0.441. The van der Waals surface area contributed by atoms with Crippen LogP contribution in [0.1, 0.15) is 30.3 Å². The minimum absolute atomic E-state index is 0.180. The number of ether oxygens (including phenoxy) is 1. The molecule has 0 radical (unpaired) electrons. The molecule has 0 aliphatic carbocycles. The largest absolute Gasteiger partial charge is 0.463 e. The molecule has 0 fully saturated rings. The lowest BCUT2D eigenvalue weighted by atomic mass is 10.0. The van der Waals surface area contributed by atoms with Gasteiger partial charge in [-0.05, 0) is 43.0 Å². The molecule has 0 saturated carbocycles. The van der Waals surface area contributed by atoms with Gasteiger partial charge in [-0.15, -0.1) is 11.3 Å². The first-order valence-electron chi connectivity index (χ1n) is 8.73. The number of carbonyl (C=O) groups is 1. The van der Waals surface area contributed by atoms with Crippen LogP contribution in [0.4, 0.5) is 0 Å². The molecule has 142 valence electrons. The van der Waals surface area contributed by atoms with Crippen molar-refractivity contribution in [2.24, 2.45) is 4.99 Å². The molecule has 0 amide bonds. The average Bonchev–Trinajstić information content (AvgIpc) is 3.31. The van der Waals surface area contributed by atoms with Crippen LogP contribution in [-0.4, -0.2) is 22.1 Å². The number of nitrogens with zero attached hydrogens (tertiary/aromatic N) is 3. The standard InChI is InChI=1S/C20H17N3O3S2/c1-3-26-19(25)16-12(2)22-20-23(17(16)14-7-5-9-27-14)18(24)15(28-20)10-13-6-4-8-21-11-13/h4-11,17H,3H2,1-2H3/b15-10+/t17-/m0/s1. The van der Waals surface area contributed by atoms with E-state index in [4.69, 9.17) is 4.74 Å². The number of thiazole rings is 1. The number of rotatable bonds is 4. The smallest absolute Gasteiger partial charge is 0.338 e. The van der Waals surface area contributed by atoms with Gasteiger partial charge in [0.25, 0.3) is 5.56 Å². The molecule has 4 heterocycles. The van der Waals surface area contributed by atoms with E-state index in [1.54, 1.807) is 36.9 Å². The fourth-order valence-corrected chi connectivity index (χ4v) is 4.99. The molecule has 1 aliphatic heterocycles. The molecular weight excluding hydrogens is 394 g/mol. The van der Waals surface area contributed by atoms with Gasteiger partial charge in [0.05, 0.1) is 22.4 Å². The quantitative estimate of drug-likeness (QED) is 0.618. The van der Waals surface area contributed by atoms with Gasteiger partial charge in [-0.25, -0.2) is 9.79 Å². The third kappa shape index (κ3) is 3.25. The SMILES string of the molecule is CCOC(=O)C1=C(C)N=c2s/c(=C/c3cccnc3)c(=O)n2[C@H]1c1cccs1. The van der Waals surface area contributed by atoms with Gasteiger partial charge in [-0.2, -0.15) is 0 Å². The summed E-state index contributed by atoms with van der Waals surface area (Å²) in [5.41, 5.74) is 1.64. The average molecular weight is 412 g/mol. The molecule has 1 aliphatic rings. The maximum absolute atomic E-state index is 13.2. The molecule has 0 spiro atoms. The van der Waals surface area contributed by atoms with Gasteiger partial charge in [-0.3, -0.25) is 14.3 Å². The summed E-state index contributed by atoms with van der Waals surface area (Å²) in [6, 6.07) is 7.00. The summed E-state index contributed by atoms with van der Waals surface area (Å²) in [7, 11) is 0. The third-order valence-electron chi connectivity index (χ3n) is 4.31. The van der Waals surface area contributed by atoms with Gasteiger partial charge in [-0.1, -0.05) is 23.5 Å². The van der Waals surface area contributed by atoms with Crippen LogP contribution in [0.5, 0.6) is 0 Å². The second-order valence-corrected chi connectivity index (χ2v) is 8.09. The molecule has 0 aromatic carbocycles. The number of hydrogen-bond donors (Lipinski definition) is 0. The summed E-state index contributed by atoms with van der Waals surface area (Å²) < 4.78 is 7.40. The van der Waals surface area contributed by atoms with Crippen LogP contribution in [0.3, 0.4) is 0 Å². The molecule has 0 saturated heterocycles. The fraction of sp³-hybridized carbons (Fsp3) is 0.200. The predicted molar refractivity (Wildman–Crippen MR) is 109 cm³/mol. The van der Waals surface area contributed by atoms with Gasteiger partial charge < -0.3 is 4.74 Å². The van der Waals surface area contributed by atoms with Crippen molar-refractivity contribution in [2.75, 3.05) is 6.61 Å². The van der Waals surface area contributed by atoms with E-state index in [-0.39, 0.29) is 12.2 Å². The highest BCUT2D eigenvalue weighted by Gasteiger charge is 2.33. The molecule has 6 nitrogen and oxygen atoms in total. The van der Waals surface area contributed by atoms with E-state index in [9.17, 15) is 9.59 Å². The molecule has 8 heteroatoms. The van der Waals surface area contributed by atoms with Crippen molar-refractivity contribution in [1.82, 2.24) is 9.55 Å². The summed E-state index contributed by atoms with van der Waals surface area (Å²) in [6.45, 7) is 3.81. The van der Waals surface area contributed by atoms with Crippen LogP contribution in [0.25, 0.3) is 6.08 Å². The van der Waals surface area contributed by atoms with Crippen LogP contribution in [0.15, 0.2) is 63.1 Å². The molecule has 0 bridgehead atoms. The maximum atomic E-state index is 13.2. The summed E-state index contributed by atoms with van der Waals surface area (Å²) >= 11 is 2.80. The van der Waals surface area contributed by atoms with Crippen molar-refractivity contribution < 1.29 is 9.53 Å². The number of fused-ring (bicyclic) bond motifs is 1. The second-order valence-electron chi connectivity index (χ2n) is 6.10. The molecule has 0 unspecified atom stereocenters. The van der Waals surface area contributed by atoms with Crippen LogP contribution < -0.4 is 14.9 Å². The number of allylic oxidation sites excluding steroid dienone is 1. The Balaban J connectivity index is 1.95. The number of hydrogen-bond acceptors (Lipinski definition) is 7. The highest BCUT2D eigenvalue weighted by molar-refractivity contribution is 7.10. The Morgan fingerprint density at radius 2 is 2.21 bits per heavy atom. The Kier molecular flexibility index (Phi) is 5.06. The van der Waals surface area contributed by atoms with Crippen molar-refractivity contribution in [2.45, 2.75) is 19.9 Å². The molecule has 3 aromatic heterocycles. The molecule has 0 N–H and O–H groups in total. The first-order chi connectivity index (χ1) is 13.6. The molecule has 1 atom stereocenters. The Bertz CT molecular complexity index is 1220. The zero-order valence-corrected chi connectivity index (χ0v) is 16.9. The number of carbonyl (C=O) groups excluding carboxylic acids is 1. The lowest BCUT2D eigenvalue weighted by Gasteiger charge is -2.23. The van der Waals surface area contributed by atoms with E-state index in [0.29, 0.717) is 20.6 Å².